The van der Waals surface area contributed by atoms with E-state index in [0.717, 1.165) is 12.1 Å². The van der Waals surface area contributed by atoms with Crippen molar-refractivity contribution in [3.05, 3.63) is 74.3 Å². The van der Waals surface area contributed by atoms with Crippen LogP contribution in [0.5, 0.6) is 0 Å². The second-order valence-electron chi connectivity index (χ2n) is 8.22. The lowest BCUT2D eigenvalue weighted by molar-refractivity contribution is -0.272. The number of hydrogen-bond donors (Lipinski definition) is 3. The van der Waals surface area contributed by atoms with Crippen molar-refractivity contribution in [1.29, 1.82) is 0 Å². The Balaban J connectivity index is 1.96. The van der Waals surface area contributed by atoms with Crippen molar-refractivity contribution in [3.8, 4) is 0 Å². The van der Waals surface area contributed by atoms with Gasteiger partial charge in [-0.3, -0.25) is 4.79 Å². The van der Waals surface area contributed by atoms with Crippen LogP contribution in [0.4, 0.5) is 23.2 Å². The number of benzene rings is 2. The van der Waals surface area contributed by atoms with Gasteiger partial charge in [0.15, 0.2) is 5.60 Å². The van der Waals surface area contributed by atoms with Crippen LogP contribution in [-0.2, 0) is 0 Å². The van der Waals surface area contributed by atoms with Crippen LogP contribution in [0.15, 0.2) is 41.2 Å². The van der Waals surface area contributed by atoms with E-state index in [1.54, 1.807) is 13.8 Å². The molecular weight excluding hydrogens is 448 g/mol. The summed E-state index contributed by atoms with van der Waals surface area (Å²) in [6, 6.07) is 6.09. The predicted octanol–water partition coefficient (Wildman–Crippen LogP) is 5.97. The average Bonchev–Trinajstić information content (AvgIpc) is 2.70. The minimum Gasteiger partial charge on any atom is -0.379 e. The van der Waals surface area contributed by atoms with Gasteiger partial charge in [-0.15, -0.1) is 0 Å². The van der Waals surface area contributed by atoms with Crippen molar-refractivity contribution < 1.29 is 22.7 Å². The number of pyridine rings is 1. The second-order valence-corrected chi connectivity index (χ2v) is 8.63. The molecule has 9 heteroatoms. The van der Waals surface area contributed by atoms with Gasteiger partial charge in [0.25, 0.3) is 0 Å². The Kier molecular flexibility index (Phi) is 5.49. The van der Waals surface area contributed by atoms with Crippen molar-refractivity contribution in [2.45, 2.75) is 50.4 Å². The molecule has 0 radical (unpaired) electrons. The third-order valence-corrected chi connectivity index (χ3v) is 6.73. The molecule has 0 fully saturated rings. The number of H-pyrrole nitrogens is 1. The van der Waals surface area contributed by atoms with Gasteiger partial charge in [0.1, 0.15) is 5.82 Å². The lowest BCUT2D eigenvalue weighted by atomic mass is 9.68. The summed E-state index contributed by atoms with van der Waals surface area (Å²) in [7, 11) is 0. The van der Waals surface area contributed by atoms with Gasteiger partial charge in [-0.05, 0) is 66.6 Å². The van der Waals surface area contributed by atoms with Crippen molar-refractivity contribution in [2.24, 2.45) is 0 Å². The molecular formula is C23H21ClF4N2O2. The van der Waals surface area contributed by atoms with E-state index < -0.39 is 41.5 Å². The molecule has 0 unspecified atom stereocenters. The molecule has 2 aromatic carbocycles. The van der Waals surface area contributed by atoms with Crippen LogP contribution >= 0.6 is 11.6 Å². The number of alkyl halides is 3. The molecule has 3 N–H and O–H groups in total. The number of anilines is 1. The van der Waals surface area contributed by atoms with Crippen LogP contribution in [0.2, 0.25) is 5.02 Å². The van der Waals surface area contributed by atoms with Gasteiger partial charge in [-0.1, -0.05) is 24.6 Å². The van der Waals surface area contributed by atoms with E-state index in [4.69, 9.17) is 11.6 Å². The first-order chi connectivity index (χ1) is 15.0. The zero-order chi connectivity index (χ0) is 23.4. The molecule has 0 aliphatic heterocycles. The fourth-order valence-electron chi connectivity index (χ4n) is 4.70. The SMILES string of the molecule is CC[C@@H]1C[C@](O)(C(F)(F)F)[C@@H](Nc2cc(F)cc3[nH]c(=O)ccc23)c2ccc(Cl)c(C)c21. The Hall–Kier alpha value is -2.58. The number of aromatic nitrogens is 1. The monoisotopic (exact) mass is 468 g/mol. The Morgan fingerprint density at radius 1 is 1.25 bits per heavy atom. The third kappa shape index (κ3) is 3.55. The fourth-order valence-corrected chi connectivity index (χ4v) is 4.87. The van der Waals surface area contributed by atoms with Crippen molar-refractivity contribution in [2.75, 3.05) is 5.32 Å². The number of halogens is 5. The van der Waals surface area contributed by atoms with E-state index in [-0.39, 0.29) is 16.8 Å². The van der Waals surface area contributed by atoms with Crippen molar-refractivity contribution in [1.82, 2.24) is 4.98 Å². The third-order valence-electron chi connectivity index (χ3n) is 6.32. The first-order valence-electron chi connectivity index (χ1n) is 10.1. The Morgan fingerprint density at radius 2 is 1.97 bits per heavy atom. The van der Waals surface area contributed by atoms with Crippen LogP contribution in [0.25, 0.3) is 10.9 Å². The summed E-state index contributed by atoms with van der Waals surface area (Å²) in [6.07, 6.45) is -5.15. The number of hydrogen-bond acceptors (Lipinski definition) is 3. The van der Waals surface area contributed by atoms with E-state index in [0.29, 0.717) is 28.0 Å². The normalized spacial score (nSPS) is 23.2. The van der Waals surface area contributed by atoms with Gasteiger partial charge >= 0.3 is 6.18 Å². The molecule has 170 valence electrons. The molecule has 1 aromatic heterocycles. The summed E-state index contributed by atoms with van der Waals surface area (Å²) < 4.78 is 57.1. The van der Waals surface area contributed by atoms with E-state index in [9.17, 15) is 27.5 Å². The molecule has 0 saturated carbocycles. The maximum atomic E-state index is 14.3. The van der Waals surface area contributed by atoms with Crippen LogP contribution in [0.3, 0.4) is 0 Å². The van der Waals surface area contributed by atoms with Gasteiger partial charge in [0.05, 0.1) is 11.6 Å². The standard InChI is InChI=1S/C23H21ClF4N2O2/c1-3-12-10-22(32,23(26,27)28)21(15-4-6-16(24)11(2)20(12)15)30-18-9-13(25)8-17-14(18)5-7-19(31)29-17/h4-9,12,21,30,32H,3,10H2,1-2H3,(H,29,31)/t12-,21+,22-/m1/s1. The largest absolute Gasteiger partial charge is 0.419 e. The molecule has 3 atom stereocenters. The van der Waals surface area contributed by atoms with Gasteiger partial charge in [-0.25, -0.2) is 4.39 Å². The van der Waals surface area contributed by atoms with E-state index >= 15 is 0 Å². The van der Waals surface area contributed by atoms with Gasteiger partial charge < -0.3 is 15.4 Å². The van der Waals surface area contributed by atoms with Crippen LogP contribution < -0.4 is 10.9 Å². The number of nitrogens with one attached hydrogen (secondary N) is 2. The Morgan fingerprint density at radius 3 is 2.62 bits per heavy atom. The summed E-state index contributed by atoms with van der Waals surface area (Å²) in [4.78, 5) is 14.1. The zero-order valence-corrected chi connectivity index (χ0v) is 18.0. The van der Waals surface area contributed by atoms with E-state index in [1.807, 2.05) is 0 Å². The minimum atomic E-state index is -4.96. The summed E-state index contributed by atoms with van der Waals surface area (Å²) in [5.41, 5.74) is -1.86. The number of aliphatic hydroxyl groups is 1. The highest BCUT2D eigenvalue weighted by Gasteiger charge is 2.62. The molecule has 1 aliphatic rings. The summed E-state index contributed by atoms with van der Waals surface area (Å²) >= 11 is 6.26. The second kappa shape index (κ2) is 7.78. The molecule has 1 heterocycles. The number of fused-ring (bicyclic) bond motifs is 2. The van der Waals surface area contributed by atoms with E-state index in [1.165, 1.54) is 24.3 Å². The molecule has 3 aromatic rings. The Labute approximate surface area is 186 Å². The van der Waals surface area contributed by atoms with Crippen LogP contribution in [0.1, 0.15) is 48.4 Å². The molecule has 4 rings (SSSR count). The highest BCUT2D eigenvalue weighted by Crippen LogP contribution is 2.54. The summed E-state index contributed by atoms with van der Waals surface area (Å²) in [5, 5.41) is 14.5. The lowest BCUT2D eigenvalue weighted by Gasteiger charge is -2.46. The predicted molar refractivity (Wildman–Crippen MR) is 116 cm³/mol. The maximum absolute atomic E-state index is 14.3. The minimum absolute atomic E-state index is 0.0254. The van der Waals surface area contributed by atoms with Crippen molar-refractivity contribution in [3.63, 3.8) is 0 Å². The van der Waals surface area contributed by atoms with Crippen LogP contribution in [0, 0.1) is 12.7 Å². The number of rotatable bonds is 3. The molecule has 0 bridgehead atoms. The van der Waals surface area contributed by atoms with Crippen LogP contribution in [-0.4, -0.2) is 21.9 Å². The summed E-state index contributed by atoms with van der Waals surface area (Å²) in [5.74, 6) is -1.30. The molecule has 1 aliphatic carbocycles. The molecule has 4 nitrogen and oxygen atoms in total. The molecule has 32 heavy (non-hydrogen) atoms. The summed E-state index contributed by atoms with van der Waals surface area (Å²) in [6.45, 7) is 3.50. The molecule has 0 spiro atoms. The maximum Gasteiger partial charge on any atom is 0.419 e. The van der Waals surface area contributed by atoms with E-state index in [2.05, 4.69) is 10.3 Å². The molecule has 0 amide bonds. The topological polar surface area (TPSA) is 65.1 Å². The highest BCUT2D eigenvalue weighted by atomic mass is 35.5. The highest BCUT2D eigenvalue weighted by molar-refractivity contribution is 6.31. The smallest absolute Gasteiger partial charge is 0.379 e. The van der Waals surface area contributed by atoms with Crippen molar-refractivity contribution >= 4 is 28.2 Å². The first-order valence-corrected chi connectivity index (χ1v) is 10.5. The van der Waals surface area contributed by atoms with Gasteiger partial charge in [0.2, 0.25) is 5.56 Å². The fraction of sp³-hybridized carbons (Fsp3) is 0.348. The Bertz CT molecular complexity index is 1260. The number of aromatic amines is 1. The van der Waals surface area contributed by atoms with Gasteiger partial charge in [0, 0.05) is 22.2 Å². The zero-order valence-electron chi connectivity index (χ0n) is 17.3. The quantitative estimate of drug-likeness (QED) is 0.415. The first kappa shape index (κ1) is 22.6. The van der Waals surface area contributed by atoms with Gasteiger partial charge in [-0.2, -0.15) is 13.2 Å². The lowest BCUT2D eigenvalue weighted by Crippen LogP contribution is -2.55. The average molecular weight is 469 g/mol. The molecule has 0 saturated heterocycles.